The van der Waals surface area contributed by atoms with Gasteiger partial charge in [0.25, 0.3) is 0 Å². The van der Waals surface area contributed by atoms with Gasteiger partial charge in [-0.3, -0.25) is 0 Å². The highest BCUT2D eigenvalue weighted by Gasteiger charge is 2.27. The van der Waals surface area contributed by atoms with Crippen LogP contribution in [-0.4, -0.2) is 64.8 Å². The van der Waals surface area contributed by atoms with Crippen LogP contribution in [0.4, 0.5) is 17.5 Å². The Balaban J connectivity index is 1.53. The van der Waals surface area contributed by atoms with E-state index in [4.69, 9.17) is 9.72 Å². The number of anilines is 3. The van der Waals surface area contributed by atoms with Gasteiger partial charge in [0.2, 0.25) is 5.95 Å². The van der Waals surface area contributed by atoms with E-state index in [1.807, 2.05) is 18.2 Å². The molecule has 9 heteroatoms. The van der Waals surface area contributed by atoms with E-state index in [0.29, 0.717) is 11.7 Å². The normalized spacial score (nSPS) is 16.9. The average molecular weight is 406 g/mol. The number of imidazole rings is 1. The summed E-state index contributed by atoms with van der Waals surface area (Å²) in [7, 11) is 1.67. The molecular weight excluding hydrogens is 380 g/mol. The lowest BCUT2D eigenvalue weighted by molar-refractivity contribution is 0.240. The van der Waals surface area contributed by atoms with Crippen LogP contribution in [0.15, 0.2) is 42.9 Å². The van der Waals surface area contributed by atoms with Crippen molar-refractivity contribution in [1.29, 1.82) is 0 Å². The molecule has 1 fully saturated rings. The molecule has 0 unspecified atom stereocenters. The van der Waals surface area contributed by atoms with Crippen molar-refractivity contribution in [2.75, 3.05) is 49.7 Å². The topological polar surface area (TPSA) is 85.4 Å². The average Bonchev–Trinajstić information content (AvgIpc) is 3.29. The first-order valence-corrected chi connectivity index (χ1v) is 10.3. The lowest BCUT2D eigenvalue weighted by Gasteiger charge is -2.38. The molecule has 0 radical (unpaired) electrons. The number of methoxy groups -OCH3 is 1. The fourth-order valence-corrected chi connectivity index (χ4v) is 4.05. The molecular formula is C21H26N8O. The molecule has 2 aliphatic rings. The van der Waals surface area contributed by atoms with Crippen molar-refractivity contribution in [3.05, 3.63) is 54.2 Å². The maximum absolute atomic E-state index is 5.62. The van der Waals surface area contributed by atoms with Gasteiger partial charge >= 0.3 is 0 Å². The zero-order valence-electron chi connectivity index (χ0n) is 17.1. The minimum Gasteiger partial charge on any atom is -0.491 e. The predicted octanol–water partition coefficient (Wildman–Crippen LogP) is 1.73. The summed E-state index contributed by atoms with van der Waals surface area (Å²) in [5.74, 6) is 2.13. The number of hydrogen-bond acceptors (Lipinski definition) is 8. The van der Waals surface area contributed by atoms with Gasteiger partial charge in [-0.05, 0) is 12.1 Å². The van der Waals surface area contributed by atoms with Gasteiger partial charge in [0.1, 0.15) is 0 Å². The Kier molecular flexibility index (Phi) is 5.20. The molecule has 0 spiro atoms. The number of fused-ring (bicyclic) bond motifs is 1. The molecule has 3 aromatic rings. The first kappa shape index (κ1) is 18.8. The summed E-state index contributed by atoms with van der Waals surface area (Å²) in [5, 5.41) is 7.83. The molecule has 9 nitrogen and oxygen atoms in total. The van der Waals surface area contributed by atoms with Gasteiger partial charge < -0.3 is 19.9 Å². The minimum absolute atomic E-state index is 0.648. The third-order valence-corrected chi connectivity index (χ3v) is 5.58. The quantitative estimate of drug-likeness (QED) is 0.663. The van der Waals surface area contributed by atoms with Crippen LogP contribution in [0.1, 0.15) is 11.4 Å². The van der Waals surface area contributed by atoms with Crippen LogP contribution >= 0.6 is 0 Å². The molecule has 156 valence electrons. The maximum atomic E-state index is 5.62. The van der Waals surface area contributed by atoms with Gasteiger partial charge in [0, 0.05) is 39.1 Å². The zero-order chi connectivity index (χ0) is 20.3. The van der Waals surface area contributed by atoms with E-state index in [1.165, 1.54) is 0 Å². The molecule has 0 amide bonds. The van der Waals surface area contributed by atoms with Crippen LogP contribution in [-0.2, 0) is 13.0 Å². The Bertz CT molecular complexity index is 986. The van der Waals surface area contributed by atoms with Gasteiger partial charge in [-0.1, -0.05) is 18.2 Å². The number of H-pyrrole nitrogens is 1. The van der Waals surface area contributed by atoms with Crippen LogP contribution in [0.25, 0.3) is 0 Å². The predicted molar refractivity (Wildman–Crippen MR) is 115 cm³/mol. The van der Waals surface area contributed by atoms with Crippen LogP contribution in [0.2, 0.25) is 0 Å². The van der Waals surface area contributed by atoms with E-state index in [0.717, 1.165) is 68.6 Å². The van der Waals surface area contributed by atoms with Crippen molar-refractivity contribution < 1.29 is 4.74 Å². The summed E-state index contributed by atoms with van der Waals surface area (Å²) in [6.07, 6.45) is 4.41. The Labute approximate surface area is 175 Å². The van der Waals surface area contributed by atoms with Gasteiger partial charge in [-0.25, -0.2) is 20.0 Å². The summed E-state index contributed by atoms with van der Waals surface area (Å²) in [6.45, 7) is 5.20. The van der Waals surface area contributed by atoms with Crippen LogP contribution in [0.3, 0.4) is 0 Å². The molecule has 0 atom stereocenters. The number of aromatic amines is 1. The van der Waals surface area contributed by atoms with Gasteiger partial charge in [0.05, 0.1) is 43.3 Å². The van der Waals surface area contributed by atoms with Crippen molar-refractivity contribution in [3.63, 3.8) is 0 Å². The number of para-hydroxylation sites is 1. The number of rotatable bonds is 5. The highest BCUT2D eigenvalue weighted by Crippen LogP contribution is 2.33. The molecule has 0 saturated carbocycles. The van der Waals surface area contributed by atoms with Gasteiger partial charge in [-0.2, -0.15) is 4.98 Å². The Morgan fingerprint density at radius 1 is 1.07 bits per heavy atom. The third-order valence-electron chi connectivity index (χ3n) is 5.58. The van der Waals surface area contributed by atoms with E-state index >= 15 is 0 Å². The van der Waals surface area contributed by atoms with Crippen molar-refractivity contribution in [2.24, 2.45) is 0 Å². The van der Waals surface area contributed by atoms with Crippen LogP contribution in [0, 0.1) is 0 Å². The number of benzene rings is 1. The van der Waals surface area contributed by atoms with E-state index in [-0.39, 0.29) is 0 Å². The molecule has 2 N–H and O–H groups in total. The SMILES string of the molecule is COc1cnc(N(c2ccccc2)N2CCNCC2)nc1N1CCc2nc[nH]c2C1. The molecule has 0 aliphatic carbocycles. The smallest absolute Gasteiger partial charge is 0.247 e. The fraction of sp³-hybridized carbons (Fsp3) is 0.381. The largest absolute Gasteiger partial charge is 0.491 e. The number of aromatic nitrogens is 4. The van der Waals surface area contributed by atoms with Crippen LogP contribution < -0.4 is 20.0 Å². The molecule has 0 bridgehead atoms. The summed E-state index contributed by atoms with van der Waals surface area (Å²) < 4.78 is 5.62. The van der Waals surface area contributed by atoms with Gasteiger partial charge in [0.15, 0.2) is 11.6 Å². The standard InChI is InChI=1S/C21H26N8O/c1-30-19-13-23-21(26-20(19)27-10-7-17-18(14-27)25-15-24-17)29(16-5-3-2-4-6-16)28-11-8-22-9-12-28/h2-6,13,15,22H,7-12,14H2,1H3,(H,24,25). The molecule has 4 heterocycles. The first-order valence-electron chi connectivity index (χ1n) is 10.3. The second-order valence-electron chi connectivity index (χ2n) is 7.41. The second-order valence-corrected chi connectivity index (χ2v) is 7.41. The molecule has 30 heavy (non-hydrogen) atoms. The van der Waals surface area contributed by atoms with Crippen molar-refractivity contribution in [2.45, 2.75) is 13.0 Å². The fourth-order valence-electron chi connectivity index (χ4n) is 4.05. The monoisotopic (exact) mass is 406 g/mol. The number of hydrazine groups is 1. The zero-order valence-corrected chi connectivity index (χ0v) is 17.1. The molecule has 5 rings (SSSR count). The van der Waals surface area contributed by atoms with E-state index in [2.05, 4.69) is 47.3 Å². The highest BCUT2D eigenvalue weighted by molar-refractivity contribution is 5.61. The number of nitrogens with one attached hydrogen (secondary N) is 2. The third kappa shape index (κ3) is 3.57. The Morgan fingerprint density at radius 3 is 2.70 bits per heavy atom. The Morgan fingerprint density at radius 2 is 1.90 bits per heavy atom. The van der Waals surface area contributed by atoms with E-state index in [1.54, 1.807) is 19.6 Å². The van der Waals surface area contributed by atoms with Crippen molar-refractivity contribution >= 4 is 17.5 Å². The molecule has 1 saturated heterocycles. The number of hydrogen-bond donors (Lipinski definition) is 2. The first-order chi connectivity index (χ1) is 14.8. The molecule has 2 aromatic heterocycles. The summed E-state index contributed by atoms with van der Waals surface area (Å²) in [5.41, 5.74) is 3.31. The maximum Gasteiger partial charge on any atom is 0.247 e. The van der Waals surface area contributed by atoms with Crippen LogP contribution in [0.5, 0.6) is 5.75 Å². The second kappa shape index (κ2) is 8.29. The van der Waals surface area contributed by atoms with E-state index in [9.17, 15) is 0 Å². The molecule has 1 aromatic carbocycles. The van der Waals surface area contributed by atoms with Crippen molar-refractivity contribution in [3.8, 4) is 5.75 Å². The lowest BCUT2D eigenvalue weighted by Crippen LogP contribution is -2.51. The number of ether oxygens (including phenoxy) is 1. The minimum atomic E-state index is 0.648. The van der Waals surface area contributed by atoms with Gasteiger partial charge in [-0.15, -0.1) is 0 Å². The summed E-state index contributed by atoms with van der Waals surface area (Å²) in [6, 6.07) is 10.3. The highest BCUT2D eigenvalue weighted by atomic mass is 16.5. The number of piperazine rings is 1. The summed E-state index contributed by atoms with van der Waals surface area (Å²) >= 11 is 0. The molecule has 2 aliphatic heterocycles. The Hall–Kier alpha value is -3.17. The van der Waals surface area contributed by atoms with Crippen molar-refractivity contribution in [1.82, 2.24) is 30.3 Å². The summed E-state index contributed by atoms with van der Waals surface area (Å²) in [4.78, 5) is 19.5. The lowest BCUT2D eigenvalue weighted by atomic mass is 10.1. The van der Waals surface area contributed by atoms with E-state index < -0.39 is 0 Å². The number of nitrogens with zero attached hydrogens (tertiary/aromatic N) is 6.